The van der Waals surface area contributed by atoms with Crippen molar-refractivity contribution in [3.05, 3.63) is 52.2 Å². The molecule has 1 N–H and O–H groups in total. The van der Waals surface area contributed by atoms with Crippen LogP contribution in [0.15, 0.2) is 41.8 Å². The van der Waals surface area contributed by atoms with Crippen LogP contribution >= 0.6 is 11.3 Å². The molecule has 1 saturated heterocycles. The van der Waals surface area contributed by atoms with Crippen LogP contribution in [-0.2, 0) is 16.1 Å². The van der Waals surface area contributed by atoms with E-state index in [-0.39, 0.29) is 5.91 Å². The molecule has 3 rings (SSSR count). The average molecular weight is 388 g/mol. The zero-order chi connectivity index (χ0) is 19.1. The normalized spacial score (nSPS) is 15.4. The summed E-state index contributed by atoms with van der Waals surface area (Å²) in [6, 6.07) is 11.2. The highest BCUT2D eigenvalue weighted by molar-refractivity contribution is 7.09. The van der Waals surface area contributed by atoms with Crippen LogP contribution in [0.4, 0.5) is 5.69 Å². The number of benzene rings is 1. The first kappa shape index (κ1) is 19.5. The van der Waals surface area contributed by atoms with Crippen molar-refractivity contribution in [3.8, 4) is 0 Å². The van der Waals surface area contributed by atoms with E-state index in [1.807, 2.05) is 0 Å². The summed E-state index contributed by atoms with van der Waals surface area (Å²) in [5.74, 6) is -0.533. The summed E-state index contributed by atoms with van der Waals surface area (Å²) in [5, 5.41) is 4.95. The minimum Gasteiger partial charge on any atom is -0.462 e. The zero-order valence-electron chi connectivity index (χ0n) is 15.5. The van der Waals surface area contributed by atoms with Crippen LogP contribution in [0.5, 0.6) is 0 Å². The highest BCUT2D eigenvalue weighted by Gasteiger charge is 2.20. The van der Waals surface area contributed by atoms with E-state index in [0.717, 1.165) is 32.7 Å². The fourth-order valence-corrected chi connectivity index (χ4v) is 3.85. The number of hydrogen-bond donors (Lipinski definition) is 1. The fourth-order valence-electron chi connectivity index (χ4n) is 3.10. The Hall–Kier alpha value is -2.22. The molecule has 1 aromatic carbocycles. The number of carbonyl (C=O) groups excluding carboxylic acids is 2. The molecule has 1 aromatic heterocycles. The van der Waals surface area contributed by atoms with E-state index >= 15 is 0 Å². The number of rotatable bonds is 7. The first-order valence-electron chi connectivity index (χ1n) is 9.19. The average Bonchev–Trinajstić information content (AvgIpc) is 3.17. The van der Waals surface area contributed by atoms with Crippen molar-refractivity contribution in [2.75, 3.05) is 44.6 Å². The number of esters is 1. The molecule has 27 heavy (non-hydrogen) atoms. The number of amides is 1. The molecule has 0 spiro atoms. The minimum atomic E-state index is -0.421. The van der Waals surface area contributed by atoms with Crippen molar-refractivity contribution in [1.29, 1.82) is 0 Å². The number of nitrogens with one attached hydrogen (secondary N) is 1. The van der Waals surface area contributed by atoms with E-state index in [1.54, 1.807) is 42.5 Å². The van der Waals surface area contributed by atoms with Gasteiger partial charge in [-0.25, -0.2) is 4.79 Å². The van der Waals surface area contributed by atoms with Crippen LogP contribution in [-0.4, -0.2) is 61.0 Å². The lowest BCUT2D eigenvalue weighted by Gasteiger charge is -2.34. The molecule has 1 aliphatic rings. The third-order valence-corrected chi connectivity index (χ3v) is 5.35. The van der Waals surface area contributed by atoms with Gasteiger partial charge in [0.15, 0.2) is 0 Å². The molecule has 1 fully saturated rings. The summed E-state index contributed by atoms with van der Waals surface area (Å²) in [6.45, 7) is 6.98. The minimum absolute atomic E-state index is 0.113. The SMILES string of the molecule is CCOC(=O)c1ccccc1NC(=O)CN1CCN(Cc2cccs2)CC1. The summed E-state index contributed by atoms with van der Waals surface area (Å²) >= 11 is 1.78. The Morgan fingerprint density at radius 2 is 1.81 bits per heavy atom. The Labute approximate surface area is 163 Å². The van der Waals surface area contributed by atoms with Gasteiger partial charge < -0.3 is 10.1 Å². The van der Waals surface area contributed by atoms with Crippen molar-refractivity contribution in [2.45, 2.75) is 13.5 Å². The van der Waals surface area contributed by atoms with E-state index in [1.165, 1.54) is 4.88 Å². The lowest BCUT2D eigenvalue weighted by molar-refractivity contribution is -0.117. The van der Waals surface area contributed by atoms with Crippen LogP contribution in [0.1, 0.15) is 22.2 Å². The second kappa shape index (κ2) is 9.64. The van der Waals surface area contributed by atoms with Gasteiger partial charge in [-0.15, -0.1) is 11.3 Å². The largest absolute Gasteiger partial charge is 0.462 e. The molecule has 7 heteroatoms. The smallest absolute Gasteiger partial charge is 0.340 e. The van der Waals surface area contributed by atoms with E-state index in [9.17, 15) is 9.59 Å². The van der Waals surface area contributed by atoms with Crippen LogP contribution in [0.2, 0.25) is 0 Å². The van der Waals surface area contributed by atoms with Gasteiger partial charge in [0, 0.05) is 37.6 Å². The number of piperazine rings is 1. The van der Waals surface area contributed by atoms with Gasteiger partial charge in [0.2, 0.25) is 5.91 Å². The zero-order valence-corrected chi connectivity index (χ0v) is 16.3. The van der Waals surface area contributed by atoms with Crippen molar-refractivity contribution < 1.29 is 14.3 Å². The van der Waals surface area contributed by atoms with Gasteiger partial charge in [0.25, 0.3) is 0 Å². The topological polar surface area (TPSA) is 61.9 Å². The van der Waals surface area contributed by atoms with Gasteiger partial charge in [0.05, 0.1) is 24.4 Å². The predicted octanol–water partition coefficient (Wildman–Crippen LogP) is 2.68. The maximum absolute atomic E-state index is 12.4. The Bertz CT molecular complexity index is 756. The molecule has 0 atom stereocenters. The Morgan fingerprint density at radius 1 is 1.07 bits per heavy atom. The predicted molar refractivity (Wildman–Crippen MR) is 107 cm³/mol. The van der Waals surface area contributed by atoms with Crippen molar-refractivity contribution in [2.24, 2.45) is 0 Å². The number of anilines is 1. The summed E-state index contributed by atoms with van der Waals surface area (Å²) in [4.78, 5) is 30.4. The number of ether oxygens (including phenoxy) is 1. The van der Waals surface area contributed by atoms with Gasteiger partial charge in [-0.05, 0) is 30.5 Å². The summed E-state index contributed by atoms with van der Waals surface area (Å²) in [6.07, 6.45) is 0. The van der Waals surface area contributed by atoms with E-state index in [4.69, 9.17) is 4.74 Å². The molecule has 6 nitrogen and oxygen atoms in total. The highest BCUT2D eigenvalue weighted by atomic mass is 32.1. The molecule has 1 aliphatic heterocycles. The molecule has 0 bridgehead atoms. The van der Waals surface area contributed by atoms with Crippen LogP contribution in [0, 0.1) is 0 Å². The number of carbonyl (C=O) groups is 2. The quantitative estimate of drug-likeness (QED) is 0.740. The number of thiophene rings is 1. The lowest BCUT2D eigenvalue weighted by Crippen LogP contribution is -2.48. The molecule has 0 unspecified atom stereocenters. The van der Waals surface area contributed by atoms with Gasteiger partial charge in [-0.3, -0.25) is 14.6 Å². The summed E-state index contributed by atoms with van der Waals surface area (Å²) < 4.78 is 5.05. The molecular formula is C20H25N3O3S. The number of nitrogens with zero attached hydrogens (tertiary/aromatic N) is 2. The third kappa shape index (κ3) is 5.63. The standard InChI is InChI=1S/C20H25N3O3S/c1-2-26-20(25)17-7-3-4-8-18(17)21-19(24)15-23-11-9-22(10-12-23)14-16-6-5-13-27-16/h3-8,13H,2,9-12,14-15H2,1H3,(H,21,24). The lowest BCUT2D eigenvalue weighted by atomic mass is 10.2. The first-order valence-corrected chi connectivity index (χ1v) is 10.1. The molecular weight excluding hydrogens is 362 g/mol. The summed E-state index contributed by atoms with van der Waals surface area (Å²) in [5.41, 5.74) is 0.880. The van der Waals surface area contributed by atoms with Gasteiger partial charge in [-0.1, -0.05) is 18.2 Å². The molecule has 2 heterocycles. The van der Waals surface area contributed by atoms with Crippen LogP contribution in [0.25, 0.3) is 0 Å². The van der Waals surface area contributed by atoms with Crippen LogP contribution < -0.4 is 5.32 Å². The molecule has 0 aliphatic carbocycles. The van der Waals surface area contributed by atoms with E-state index in [2.05, 4.69) is 32.6 Å². The Balaban J connectivity index is 1.48. The van der Waals surface area contributed by atoms with E-state index < -0.39 is 5.97 Å². The van der Waals surface area contributed by atoms with Crippen molar-refractivity contribution in [3.63, 3.8) is 0 Å². The maximum atomic E-state index is 12.4. The van der Waals surface area contributed by atoms with E-state index in [0.29, 0.717) is 24.4 Å². The third-order valence-electron chi connectivity index (χ3n) is 4.49. The second-order valence-electron chi connectivity index (χ2n) is 6.45. The molecule has 1 amide bonds. The number of hydrogen-bond acceptors (Lipinski definition) is 6. The summed E-state index contributed by atoms with van der Waals surface area (Å²) in [7, 11) is 0. The highest BCUT2D eigenvalue weighted by Crippen LogP contribution is 2.17. The molecule has 0 saturated carbocycles. The van der Waals surface area contributed by atoms with Crippen molar-refractivity contribution >= 4 is 28.9 Å². The van der Waals surface area contributed by atoms with Crippen LogP contribution in [0.3, 0.4) is 0 Å². The second-order valence-corrected chi connectivity index (χ2v) is 7.48. The van der Waals surface area contributed by atoms with Crippen molar-refractivity contribution in [1.82, 2.24) is 9.80 Å². The first-order chi connectivity index (χ1) is 13.2. The maximum Gasteiger partial charge on any atom is 0.340 e. The number of para-hydroxylation sites is 1. The fraction of sp³-hybridized carbons (Fsp3) is 0.400. The molecule has 144 valence electrons. The molecule has 2 aromatic rings. The molecule has 0 radical (unpaired) electrons. The Morgan fingerprint density at radius 3 is 2.52 bits per heavy atom. The van der Waals surface area contributed by atoms with Gasteiger partial charge in [0.1, 0.15) is 0 Å². The van der Waals surface area contributed by atoms with Gasteiger partial charge in [-0.2, -0.15) is 0 Å². The monoisotopic (exact) mass is 387 g/mol. The Kier molecular flexibility index (Phi) is 6.98. The van der Waals surface area contributed by atoms with Gasteiger partial charge >= 0.3 is 5.97 Å².